The van der Waals surface area contributed by atoms with Gasteiger partial charge in [0, 0.05) is 27.1 Å². The summed E-state index contributed by atoms with van der Waals surface area (Å²) in [5.74, 6) is -0.219. The number of carbonyl (C=O) groups is 1. The van der Waals surface area contributed by atoms with E-state index >= 15 is 0 Å². The number of benzene rings is 2. The molecule has 2 N–H and O–H groups in total. The number of hydrogen-bond donors (Lipinski definition) is 2. The van der Waals surface area contributed by atoms with Crippen molar-refractivity contribution in [3.8, 4) is 0 Å². The average Bonchev–Trinajstić information content (AvgIpc) is 2.45. The molecule has 2 aromatic carbocycles. The molecule has 108 valence electrons. The van der Waals surface area contributed by atoms with Gasteiger partial charge in [-0.25, -0.2) is 0 Å². The predicted molar refractivity (Wildman–Crippen MR) is 89.4 cm³/mol. The first-order chi connectivity index (χ1) is 10.0. The first-order valence-electron chi connectivity index (χ1n) is 6.08. The summed E-state index contributed by atoms with van der Waals surface area (Å²) in [4.78, 5) is 22.0. The fourth-order valence-corrected chi connectivity index (χ4v) is 2.23. The highest BCUT2D eigenvalue weighted by molar-refractivity contribution is 14.1. The van der Waals surface area contributed by atoms with Crippen molar-refractivity contribution in [2.24, 2.45) is 0 Å². The highest BCUT2D eigenvalue weighted by Gasteiger charge is 2.07. The van der Waals surface area contributed by atoms with Gasteiger partial charge in [-0.3, -0.25) is 14.9 Å². The maximum atomic E-state index is 11.8. The highest BCUT2D eigenvalue weighted by Crippen LogP contribution is 2.17. The SMILES string of the molecule is O=C(CNc1cccc([N+](=O)[O-])c1)Nc1cccc(I)c1. The molecule has 1 amide bonds. The molecule has 0 aliphatic rings. The smallest absolute Gasteiger partial charge is 0.271 e. The maximum absolute atomic E-state index is 11.8. The number of carbonyl (C=O) groups excluding carboxylic acids is 1. The number of nitrogens with one attached hydrogen (secondary N) is 2. The molecule has 0 saturated heterocycles. The van der Waals surface area contributed by atoms with E-state index in [1.807, 2.05) is 18.2 Å². The van der Waals surface area contributed by atoms with E-state index in [0.717, 1.165) is 3.57 Å². The summed E-state index contributed by atoms with van der Waals surface area (Å²) >= 11 is 2.16. The normalized spacial score (nSPS) is 9.95. The monoisotopic (exact) mass is 397 g/mol. The zero-order valence-corrected chi connectivity index (χ0v) is 13.0. The molecule has 0 radical (unpaired) electrons. The van der Waals surface area contributed by atoms with Crippen LogP contribution in [0.2, 0.25) is 0 Å². The van der Waals surface area contributed by atoms with Crippen molar-refractivity contribution in [1.82, 2.24) is 0 Å². The van der Waals surface area contributed by atoms with Gasteiger partial charge in [-0.2, -0.15) is 0 Å². The second-order valence-electron chi connectivity index (χ2n) is 4.22. The summed E-state index contributed by atoms with van der Waals surface area (Å²) < 4.78 is 1.03. The summed E-state index contributed by atoms with van der Waals surface area (Å²) in [5, 5.41) is 16.3. The molecule has 0 aliphatic carbocycles. The standard InChI is InChI=1S/C14H12IN3O3/c15-10-3-1-5-12(7-10)17-14(19)9-16-11-4-2-6-13(8-11)18(20)21/h1-8,16H,9H2,(H,17,19). The van der Waals surface area contributed by atoms with E-state index in [0.29, 0.717) is 11.4 Å². The van der Waals surface area contributed by atoms with Gasteiger partial charge in [-0.1, -0.05) is 12.1 Å². The zero-order chi connectivity index (χ0) is 15.2. The third kappa shape index (κ3) is 4.71. The molecular formula is C14H12IN3O3. The fourth-order valence-electron chi connectivity index (χ4n) is 1.68. The molecule has 0 unspecified atom stereocenters. The lowest BCUT2D eigenvalue weighted by atomic mass is 10.3. The molecule has 0 aromatic heterocycles. The van der Waals surface area contributed by atoms with Crippen LogP contribution in [-0.2, 0) is 4.79 Å². The van der Waals surface area contributed by atoms with E-state index in [1.165, 1.54) is 12.1 Å². The van der Waals surface area contributed by atoms with Crippen molar-refractivity contribution in [1.29, 1.82) is 0 Å². The molecule has 6 nitrogen and oxygen atoms in total. The van der Waals surface area contributed by atoms with E-state index in [2.05, 4.69) is 33.2 Å². The van der Waals surface area contributed by atoms with Crippen LogP contribution in [0.3, 0.4) is 0 Å². The molecule has 0 fully saturated rings. The molecular weight excluding hydrogens is 385 g/mol. The first kappa shape index (κ1) is 15.2. The Morgan fingerprint density at radius 3 is 2.57 bits per heavy atom. The Morgan fingerprint density at radius 1 is 1.14 bits per heavy atom. The number of halogens is 1. The average molecular weight is 397 g/mol. The van der Waals surface area contributed by atoms with Crippen molar-refractivity contribution in [3.05, 3.63) is 62.2 Å². The zero-order valence-electron chi connectivity index (χ0n) is 10.9. The molecule has 2 rings (SSSR count). The Labute approximate surface area is 134 Å². The van der Waals surface area contributed by atoms with Crippen LogP contribution < -0.4 is 10.6 Å². The Morgan fingerprint density at radius 2 is 1.86 bits per heavy atom. The van der Waals surface area contributed by atoms with Crippen molar-refractivity contribution < 1.29 is 9.72 Å². The highest BCUT2D eigenvalue weighted by atomic mass is 127. The largest absolute Gasteiger partial charge is 0.376 e. The van der Waals surface area contributed by atoms with Crippen molar-refractivity contribution in [3.63, 3.8) is 0 Å². The van der Waals surface area contributed by atoms with Crippen LogP contribution >= 0.6 is 22.6 Å². The first-order valence-corrected chi connectivity index (χ1v) is 7.16. The summed E-state index contributed by atoms with van der Waals surface area (Å²) in [6.45, 7) is 0.0344. The van der Waals surface area contributed by atoms with Crippen LogP contribution in [0.25, 0.3) is 0 Å². The Hall–Kier alpha value is -2.16. The molecule has 0 heterocycles. The molecule has 7 heteroatoms. The minimum atomic E-state index is -0.475. The van der Waals surface area contributed by atoms with E-state index in [-0.39, 0.29) is 18.1 Å². The van der Waals surface area contributed by atoms with Crippen LogP contribution in [0.4, 0.5) is 17.1 Å². The molecule has 0 bridgehead atoms. The number of nitrogens with zero attached hydrogens (tertiary/aromatic N) is 1. The van der Waals surface area contributed by atoms with E-state index in [4.69, 9.17) is 0 Å². The quantitative estimate of drug-likeness (QED) is 0.461. The number of anilines is 2. The van der Waals surface area contributed by atoms with Gasteiger partial charge in [-0.15, -0.1) is 0 Å². The van der Waals surface area contributed by atoms with Gasteiger partial charge in [0.15, 0.2) is 0 Å². The van der Waals surface area contributed by atoms with E-state index < -0.39 is 4.92 Å². The minimum Gasteiger partial charge on any atom is -0.376 e. The van der Waals surface area contributed by atoms with Crippen LogP contribution in [0.15, 0.2) is 48.5 Å². The second kappa shape index (κ2) is 7.02. The number of hydrogen-bond acceptors (Lipinski definition) is 4. The molecule has 0 aliphatic heterocycles. The summed E-state index contributed by atoms with van der Waals surface area (Å²) in [7, 11) is 0. The lowest BCUT2D eigenvalue weighted by Crippen LogP contribution is -2.21. The van der Waals surface area contributed by atoms with E-state index in [9.17, 15) is 14.9 Å². The number of non-ortho nitro benzene ring substituents is 1. The Kier molecular flexibility index (Phi) is 5.09. The van der Waals surface area contributed by atoms with Gasteiger partial charge in [-0.05, 0) is 46.9 Å². The van der Waals surface area contributed by atoms with Crippen LogP contribution in [0.5, 0.6) is 0 Å². The second-order valence-corrected chi connectivity index (χ2v) is 5.47. The van der Waals surface area contributed by atoms with Gasteiger partial charge in [0.2, 0.25) is 5.91 Å². The molecule has 0 atom stereocenters. The van der Waals surface area contributed by atoms with Crippen molar-refractivity contribution in [2.75, 3.05) is 17.2 Å². The lowest BCUT2D eigenvalue weighted by Gasteiger charge is -2.08. The maximum Gasteiger partial charge on any atom is 0.271 e. The third-order valence-corrected chi connectivity index (χ3v) is 3.29. The van der Waals surface area contributed by atoms with E-state index in [1.54, 1.807) is 18.2 Å². The summed E-state index contributed by atoms with van der Waals surface area (Å²) in [6, 6.07) is 13.5. The van der Waals surface area contributed by atoms with Gasteiger partial charge in [0.25, 0.3) is 5.69 Å². The van der Waals surface area contributed by atoms with Crippen molar-refractivity contribution in [2.45, 2.75) is 0 Å². The predicted octanol–water partition coefficient (Wildman–Crippen LogP) is 3.25. The molecule has 21 heavy (non-hydrogen) atoms. The third-order valence-electron chi connectivity index (χ3n) is 2.62. The summed E-state index contributed by atoms with van der Waals surface area (Å²) in [6.07, 6.45) is 0. The number of nitro benzene ring substituents is 1. The molecule has 2 aromatic rings. The van der Waals surface area contributed by atoms with Gasteiger partial charge >= 0.3 is 0 Å². The van der Waals surface area contributed by atoms with Gasteiger partial charge in [0.1, 0.15) is 0 Å². The number of amides is 1. The van der Waals surface area contributed by atoms with Crippen molar-refractivity contribution >= 4 is 45.6 Å². The number of rotatable bonds is 5. The Bertz CT molecular complexity index is 676. The fraction of sp³-hybridized carbons (Fsp3) is 0.0714. The minimum absolute atomic E-state index is 0.0157. The number of nitro groups is 1. The Balaban J connectivity index is 1.92. The molecule has 0 spiro atoms. The van der Waals surface area contributed by atoms with Crippen LogP contribution in [-0.4, -0.2) is 17.4 Å². The summed E-state index contributed by atoms with van der Waals surface area (Å²) in [5.41, 5.74) is 1.23. The molecule has 0 saturated carbocycles. The van der Waals surface area contributed by atoms with Gasteiger partial charge in [0.05, 0.1) is 11.5 Å². The van der Waals surface area contributed by atoms with Crippen LogP contribution in [0, 0.1) is 13.7 Å². The lowest BCUT2D eigenvalue weighted by molar-refractivity contribution is -0.384. The topological polar surface area (TPSA) is 84.3 Å². The van der Waals surface area contributed by atoms with Crippen LogP contribution in [0.1, 0.15) is 0 Å². The van der Waals surface area contributed by atoms with Gasteiger partial charge < -0.3 is 10.6 Å².